The van der Waals surface area contributed by atoms with E-state index in [1.54, 1.807) is 0 Å². The maximum Gasteiger partial charge on any atom is 0.336 e. The van der Waals surface area contributed by atoms with Crippen molar-refractivity contribution in [3.8, 4) is 0 Å². The Labute approximate surface area is 30.2 Å². The predicted molar refractivity (Wildman–Crippen MR) is 21.3 cm³/mol. The van der Waals surface area contributed by atoms with Gasteiger partial charge in [-0.2, -0.15) is 0 Å². The summed E-state index contributed by atoms with van der Waals surface area (Å²) in [5, 5.41) is 4.58. The summed E-state index contributed by atoms with van der Waals surface area (Å²) in [7, 11) is 0. The first-order valence-corrected chi connectivity index (χ1v) is 0.866. The van der Waals surface area contributed by atoms with Crippen LogP contribution >= 0.6 is 0 Å². The standard InChI is InChI=1S/CH5N3.H3N/c2-1(3)4;/h(H5,2,3,4);1H3/p+2. The molecular formula is CH10N4+2. The Morgan fingerprint density at radius 1 is 1.40 bits per heavy atom. The summed E-state index contributed by atoms with van der Waals surface area (Å²) in [5.74, 6) is -0.0833. The molecule has 0 aliphatic carbocycles. The van der Waals surface area contributed by atoms with Crippen molar-refractivity contribution in [2.45, 2.75) is 0 Å². The van der Waals surface area contributed by atoms with Crippen molar-refractivity contribution < 1.29 is 5.41 Å². The molecule has 32 valence electrons. The molecule has 0 fully saturated rings. The van der Waals surface area contributed by atoms with E-state index < -0.39 is 0 Å². The van der Waals surface area contributed by atoms with E-state index in [0.717, 1.165) is 0 Å². The molecule has 0 unspecified atom stereocenters. The molecule has 0 aromatic rings. The van der Waals surface area contributed by atoms with Crippen molar-refractivity contribution in [3.63, 3.8) is 0 Å². The van der Waals surface area contributed by atoms with Gasteiger partial charge in [-0.05, 0) is 0 Å². The molecule has 0 aromatic heterocycles. The van der Waals surface area contributed by atoms with Gasteiger partial charge in [0.05, 0.1) is 0 Å². The van der Waals surface area contributed by atoms with Gasteiger partial charge in [-0.15, -0.1) is 0 Å². The smallest absolute Gasteiger partial charge is 0.336 e. The lowest BCUT2D eigenvalue weighted by Gasteiger charge is -1.59. The fourth-order valence-electron chi connectivity index (χ4n) is 0. The van der Waals surface area contributed by atoms with Crippen LogP contribution in [0.15, 0.2) is 0 Å². The van der Waals surface area contributed by atoms with E-state index in [1.807, 2.05) is 0 Å². The molecule has 0 aliphatic heterocycles. The maximum atomic E-state index is 4.58. The van der Waals surface area contributed by atoms with Crippen LogP contribution in [0.2, 0.25) is 0 Å². The van der Waals surface area contributed by atoms with Crippen LogP contribution in [0.4, 0.5) is 0 Å². The molecule has 0 aromatic carbocycles. The molecular weight excluding hydrogens is 68.0 g/mol. The number of hydrogen-bond acceptors (Lipinski definition) is 0. The van der Waals surface area contributed by atoms with Crippen LogP contribution in [0.5, 0.6) is 0 Å². The average molecular weight is 78.1 g/mol. The summed E-state index contributed by atoms with van der Waals surface area (Å²) in [6.07, 6.45) is 0. The van der Waals surface area contributed by atoms with E-state index >= 15 is 0 Å². The highest BCUT2D eigenvalue weighted by molar-refractivity contribution is 5.68. The van der Waals surface area contributed by atoms with Crippen molar-refractivity contribution in [1.29, 1.82) is 0 Å². The number of rotatable bonds is 0. The lowest BCUT2D eigenvalue weighted by molar-refractivity contribution is -0.116. The molecule has 5 heavy (non-hydrogen) atoms. The van der Waals surface area contributed by atoms with E-state index in [4.69, 9.17) is 0 Å². The predicted octanol–water partition coefficient (Wildman–Crippen LogP) is -2.60. The highest BCUT2D eigenvalue weighted by Gasteiger charge is 1.64. The quantitative estimate of drug-likeness (QED) is 0.188. The van der Waals surface area contributed by atoms with E-state index in [9.17, 15) is 0 Å². The second-order valence-electron chi connectivity index (χ2n) is 0.500. The molecule has 0 saturated carbocycles. The number of guanidine groups is 1. The Balaban J connectivity index is 0. The van der Waals surface area contributed by atoms with Gasteiger partial charge in [0.25, 0.3) is 0 Å². The van der Waals surface area contributed by atoms with Crippen LogP contribution in [-0.2, 0) is 0 Å². The van der Waals surface area contributed by atoms with Gasteiger partial charge in [0.2, 0.25) is 0 Å². The molecule has 0 radical (unpaired) electrons. The Morgan fingerprint density at radius 3 is 1.40 bits per heavy atom. The summed E-state index contributed by atoms with van der Waals surface area (Å²) in [5.41, 5.74) is 9.17. The fraction of sp³-hybridized carbons (Fsp3) is 0. The molecule has 4 heteroatoms. The topological polar surface area (TPSA) is 114 Å². The zero-order valence-corrected chi connectivity index (χ0v) is 3.23. The SMILES string of the molecule is NC(N)=[NH2+].[NH4+]. The summed E-state index contributed by atoms with van der Waals surface area (Å²) in [6.45, 7) is 0. The van der Waals surface area contributed by atoms with Gasteiger partial charge < -0.3 is 6.15 Å². The van der Waals surface area contributed by atoms with Gasteiger partial charge in [0, 0.05) is 0 Å². The second-order valence-corrected chi connectivity index (χ2v) is 0.500. The molecule has 0 heterocycles. The highest BCUT2D eigenvalue weighted by Crippen LogP contribution is 0.925. The van der Waals surface area contributed by atoms with Crippen molar-refractivity contribution in [2.24, 2.45) is 11.5 Å². The number of nitrogens with two attached hydrogens (primary N) is 3. The third kappa shape index (κ3) is 8.24. The first kappa shape index (κ1) is 8.87. The Kier molecular flexibility index (Phi) is 5.73. The summed E-state index contributed by atoms with van der Waals surface area (Å²) < 4.78 is 0. The van der Waals surface area contributed by atoms with E-state index in [0.29, 0.717) is 0 Å². The van der Waals surface area contributed by atoms with Crippen LogP contribution in [-0.4, -0.2) is 5.96 Å². The lowest BCUT2D eigenvalue weighted by Crippen LogP contribution is -2.51. The first-order chi connectivity index (χ1) is 1.73. The van der Waals surface area contributed by atoms with Crippen LogP contribution in [0.1, 0.15) is 0 Å². The van der Waals surface area contributed by atoms with E-state index in [-0.39, 0.29) is 12.1 Å². The van der Waals surface area contributed by atoms with Crippen molar-refractivity contribution in [3.05, 3.63) is 0 Å². The first-order valence-electron chi connectivity index (χ1n) is 0.866. The Morgan fingerprint density at radius 2 is 1.40 bits per heavy atom. The molecule has 0 bridgehead atoms. The van der Waals surface area contributed by atoms with Crippen LogP contribution in [0, 0.1) is 0 Å². The lowest BCUT2D eigenvalue weighted by atomic mass is 11.1. The van der Waals surface area contributed by atoms with Crippen LogP contribution < -0.4 is 23.0 Å². The second kappa shape index (κ2) is 3.23. The maximum absolute atomic E-state index is 4.58. The third-order valence-electron chi connectivity index (χ3n) is 0. The van der Waals surface area contributed by atoms with Crippen LogP contribution in [0.3, 0.4) is 0 Å². The largest absolute Gasteiger partial charge is 0.369 e. The minimum Gasteiger partial charge on any atom is -0.369 e. The van der Waals surface area contributed by atoms with Gasteiger partial charge in [-0.3, -0.25) is 16.9 Å². The summed E-state index contributed by atoms with van der Waals surface area (Å²) in [6, 6.07) is 0. The zero-order chi connectivity index (χ0) is 3.58. The normalized spacial score (nSPS) is 4.80. The number of hydrogen-bond donors (Lipinski definition) is 4. The van der Waals surface area contributed by atoms with Gasteiger partial charge >= 0.3 is 5.96 Å². The van der Waals surface area contributed by atoms with Gasteiger partial charge in [0.15, 0.2) is 0 Å². The molecule has 0 aliphatic rings. The molecule has 0 rings (SSSR count). The van der Waals surface area contributed by atoms with Gasteiger partial charge in [-0.25, -0.2) is 0 Å². The summed E-state index contributed by atoms with van der Waals surface area (Å²) >= 11 is 0. The minimum atomic E-state index is -0.0833. The van der Waals surface area contributed by atoms with Crippen molar-refractivity contribution >= 4 is 5.96 Å². The van der Waals surface area contributed by atoms with E-state index in [2.05, 4.69) is 16.9 Å². The molecule has 4 nitrogen and oxygen atoms in total. The number of quaternary nitrogens is 1. The van der Waals surface area contributed by atoms with Gasteiger partial charge in [-0.1, -0.05) is 0 Å². The Bertz CT molecular complexity index is 26.6. The summed E-state index contributed by atoms with van der Waals surface area (Å²) in [4.78, 5) is 0. The molecule has 0 saturated heterocycles. The third-order valence-corrected chi connectivity index (χ3v) is 0. The van der Waals surface area contributed by atoms with Crippen molar-refractivity contribution in [1.82, 2.24) is 6.15 Å². The molecule has 0 atom stereocenters. The van der Waals surface area contributed by atoms with Crippen molar-refractivity contribution in [2.75, 3.05) is 0 Å². The highest BCUT2D eigenvalue weighted by atomic mass is 14.9. The minimum absolute atomic E-state index is 0. The monoisotopic (exact) mass is 78.1 g/mol. The zero-order valence-electron chi connectivity index (χ0n) is 3.23. The van der Waals surface area contributed by atoms with E-state index in [1.165, 1.54) is 0 Å². The van der Waals surface area contributed by atoms with Crippen LogP contribution in [0.25, 0.3) is 0 Å². The molecule has 10 N–H and O–H groups in total. The fourth-order valence-corrected chi connectivity index (χ4v) is 0. The molecule has 0 amide bonds. The van der Waals surface area contributed by atoms with Gasteiger partial charge in [0.1, 0.15) is 0 Å². The molecule has 0 spiro atoms. The average Bonchev–Trinajstić information content (AvgIpc) is 0.811. The Hall–Kier alpha value is -0.770.